The molecule has 7 heteroatoms. The Hall–Kier alpha value is -2.54. The highest BCUT2D eigenvalue weighted by Gasteiger charge is 2.14. The molecular weight excluding hydrogens is 343 g/mol. The van der Waals surface area contributed by atoms with E-state index in [-0.39, 0.29) is 12.4 Å². The number of aliphatic hydroxyl groups excluding tert-OH is 1. The number of hydrogen-bond acceptors (Lipinski definition) is 2. The summed E-state index contributed by atoms with van der Waals surface area (Å²) in [6.07, 6.45) is -0.899. The maximum atomic E-state index is 13.9. The van der Waals surface area contributed by atoms with Gasteiger partial charge in [-0.3, -0.25) is 4.99 Å². The highest BCUT2D eigenvalue weighted by molar-refractivity contribution is 5.80. The SMILES string of the molecule is CCNC(=NCC(O)c1ccc(F)cc1)NC(C)c1ccc(F)cc1F. The van der Waals surface area contributed by atoms with E-state index in [1.165, 1.54) is 36.4 Å². The van der Waals surface area contributed by atoms with E-state index in [4.69, 9.17) is 0 Å². The van der Waals surface area contributed by atoms with Crippen LogP contribution in [0.25, 0.3) is 0 Å². The predicted molar refractivity (Wildman–Crippen MR) is 95.2 cm³/mol. The molecule has 0 aromatic heterocycles. The average Bonchev–Trinajstić information content (AvgIpc) is 2.60. The van der Waals surface area contributed by atoms with Gasteiger partial charge in [0, 0.05) is 18.2 Å². The average molecular weight is 365 g/mol. The Morgan fingerprint density at radius 2 is 1.73 bits per heavy atom. The fraction of sp³-hybridized carbons (Fsp3) is 0.316. The molecule has 0 amide bonds. The Morgan fingerprint density at radius 3 is 2.35 bits per heavy atom. The van der Waals surface area contributed by atoms with E-state index in [2.05, 4.69) is 15.6 Å². The summed E-state index contributed by atoms with van der Waals surface area (Å²) in [4.78, 5) is 4.28. The molecule has 0 aliphatic rings. The lowest BCUT2D eigenvalue weighted by atomic mass is 10.1. The number of halogens is 3. The summed E-state index contributed by atoms with van der Waals surface area (Å²) in [5, 5.41) is 16.2. The fourth-order valence-electron chi connectivity index (χ4n) is 2.42. The lowest BCUT2D eigenvalue weighted by Gasteiger charge is -2.19. The maximum absolute atomic E-state index is 13.9. The predicted octanol–water partition coefficient (Wildman–Crippen LogP) is 3.45. The van der Waals surface area contributed by atoms with Crippen LogP contribution in [0.5, 0.6) is 0 Å². The minimum Gasteiger partial charge on any atom is -0.386 e. The van der Waals surface area contributed by atoms with E-state index in [1.807, 2.05) is 6.92 Å². The summed E-state index contributed by atoms with van der Waals surface area (Å²) in [5.41, 5.74) is 0.847. The van der Waals surface area contributed by atoms with Crippen LogP contribution in [0, 0.1) is 17.5 Å². The summed E-state index contributed by atoms with van der Waals surface area (Å²) >= 11 is 0. The van der Waals surface area contributed by atoms with Crippen molar-refractivity contribution >= 4 is 5.96 Å². The van der Waals surface area contributed by atoms with Gasteiger partial charge in [0.25, 0.3) is 0 Å². The van der Waals surface area contributed by atoms with Gasteiger partial charge in [0.05, 0.1) is 18.7 Å². The Bertz CT molecular complexity index is 750. The summed E-state index contributed by atoms with van der Waals surface area (Å²) < 4.78 is 39.9. The standard InChI is InChI=1S/C19H22F3N3O/c1-3-23-19(24-11-18(26)13-4-6-14(20)7-5-13)25-12(2)16-9-8-15(21)10-17(16)22/h4-10,12,18,26H,3,11H2,1-2H3,(H2,23,24,25). The van der Waals surface area contributed by atoms with Crippen molar-refractivity contribution in [2.75, 3.05) is 13.1 Å². The third-order valence-corrected chi connectivity index (χ3v) is 3.80. The van der Waals surface area contributed by atoms with E-state index in [9.17, 15) is 18.3 Å². The second-order valence-corrected chi connectivity index (χ2v) is 5.82. The molecule has 4 nitrogen and oxygen atoms in total. The van der Waals surface area contributed by atoms with Crippen LogP contribution in [0.1, 0.15) is 37.1 Å². The van der Waals surface area contributed by atoms with Gasteiger partial charge in [-0.15, -0.1) is 0 Å². The number of aliphatic imine (C=N–C) groups is 1. The zero-order valence-electron chi connectivity index (χ0n) is 14.6. The molecule has 0 radical (unpaired) electrons. The Labute approximate surface area is 150 Å². The third kappa shape index (κ3) is 5.49. The van der Waals surface area contributed by atoms with E-state index < -0.39 is 23.8 Å². The van der Waals surface area contributed by atoms with E-state index >= 15 is 0 Å². The van der Waals surface area contributed by atoms with Crippen molar-refractivity contribution in [1.82, 2.24) is 10.6 Å². The lowest BCUT2D eigenvalue weighted by Crippen LogP contribution is -2.39. The third-order valence-electron chi connectivity index (χ3n) is 3.80. The zero-order valence-corrected chi connectivity index (χ0v) is 14.6. The summed E-state index contributed by atoms with van der Waals surface area (Å²) in [7, 11) is 0. The molecule has 140 valence electrons. The molecule has 0 fully saturated rings. The molecule has 0 heterocycles. The number of guanidine groups is 1. The highest BCUT2D eigenvalue weighted by atomic mass is 19.1. The summed E-state index contributed by atoms with van der Waals surface area (Å²) in [6, 6.07) is 8.46. The van der Waals surface area contributed by atoms with E-state index in [1.54, 1.807) is 6.92 Å². The first-order valence-electron chi connectivity index (χ1n) is 8.34. The normalized spacial score (nSPS) is 14.0. The summed E-state index contributed by atoms with van der Waals surface area (Å²) in [5.74, 6) is -1.28. The van der Waals surface area contributed by atoms with Gasteiger partial charge in [-0.25, -0.2) is 13.2 Å². The molecular formula is C19H22F3N3O. The number of nitrogens with zero attached hydrogens (tertiary/aromatic N) is 1. The van der Waals surface area contributed by atoms with Gasteiger partial charge >= 0.3 is 0 Å². The van der Waals surface area contributed by atoms with Crippen LogP contribution < -0.4 is 10.6 Å². The molecule has 26 heavy (non-hydrogen) atoms. The number of benzene rings is 2. The van der Waals surface area contributed by atoms with Crippen molar-refractivity contribution in [2.24, 2.45) is 4.99 Å². The topological polar surface area (TPSA) is 56.7 Å². The van der Waals surface area contributed by atoms with Crippen LogP contribution in [0.2, 0.25) is 0 Å². The lowest BCUT2D eigenvalue weighted by molar-refractivity contribution is 0.187. The van der Waals surface area contributed by atoms with Crippen LogP contribution in [0.15, 0.2) is 47.5 Å². The molecule has 0 bridgehead atoms. The van der Waals surface area contributed by atoms with Crippen LogP contribution in [0.4, 0.5) is 13.2 Å². The van der Waals surface area contributed by atoms with Gasteiger partial charge in [0.2, 0.25) is 0 Å². The fourth-order valence-corrected chi connectivity index (χ4v) is 2.42. The maximum Gasteiger partial charge on any atom is 0.191 e. The molecule has 0 aliphatic heterocycles. The second-order valence-electron chi connectivity index (χ2n) is 5.82. The van der Waals surface area contributed by atoms with Crippen molar-refractivity contribution in [2.45, 2.75) is 26.0 Å². The van der Waals surface area contributed by atoms with Gasteiger partial charge in [0.15, 0.2) is 5.96 Å². The molecule has 3 N–H and O–H groups in total. The number of aliphatic hydroxyl groups is 1. The van der Waals surface area contributed by atoms with E-state index in [0.29, 0.717) is 23.6 Å². The molecule has 2 rings (SSSR count). The van der Waals surface area contributed by atoms with Crippen molar-refractivity contribution in [3.8, 4) is 0 Å². The monoisotopic (exact) mass is 365 g/mol. The first kappa shape index (κ1) is 19.8. The van der Waals surface area contributed by atoms with Crippen molar-refractivity contribution in [3.63, 3.8) is 0 Å². The molecule has 0 saturated heterocycles. The molecule has 2 aromatic rings. The smallest absolute Gasteiger partial charge is 0.191 e. The summed E-state index contributed by atoms with van der Waals surface area (Å²) in [6.45, 7) is 4.20. The van der Waals surface area contributed by atoms with Crippen LogP contribution in [0.3, 0.4) is 0 Å². The molecule has 2 unspecified atom stereocenters. The van der Waals surface area contributed by atoms with Crippen LogP contribution in [-0.4, -0.2) is 24.2 Å². The van der Waals surface area contributed by atoms with Crippen molar-refractivity contribution < 1.29 is 18.3 Å². The number of nitrogens with one attached hydrogen (secondary N) is 2. The second kappa shape index (κ2) is 9.24. The highest BCUT2D eigenvalue weighted by Crippen LogP contribution is 2.18. The minimum atomic E-state index is -0.899. The number of hydrogen-bond donors (Lipinski definition) is 3. The first-order chi connectivity index (χ1) is 12.4. The molecule has 0 spiro atoms. The van der Waals surface area contributed by atoms with Gasteiger partial charge < -0.3 is 15.7 Å². The molecule has 0 aliphatic carbocycles. The Kier molecular flexibility index (Phi) is 7.03. The molecule has 2 atom stereocenters. The minimum absolute atomic E-state index is 0.0413. The largest absolute Gasteiger partial charge is 0.386 e. The molecule has 2 aromatic carbocycles. The number of rotatable bonds is 6. The zero-order chi connectivity index (χ0) is 19.1. The molecule has 0 saturated carbocycles. The van der Waals surface area contributed by atoms with E-state index in [0.717, 1.165) is 6.07 Å². The van der Waals surface area contributed by atoms with Crippen LogP contribution >= 0.6 is 0 Å². The Morgan fingerprint density at radius 1 is 1.08 bits per heavy atom. The van der Waals surface area contributed by atoms with Crippen molar-refractivity contribution in [3.05, 3.63) is 71.0 Å². The van der Waals surface area contributed by atoms with Gasteiger partial charge in [-0.1, -0.05) is 18.2 Å². The first-order valence-corrected chi connectivity index (χ1v) is 8.34. The van der Waals surface area contributed by atoms with Crippen molar-refractivity contribution in [1.29, 1.82) is 0 Å². The van der Waals surface area contributed by atoms with Gasteiger partial charge in [0.1, 0.15) is 17.5 Å². The quantitative estimate of drug-likeness (QED) is 0.543. The van der Waals surface area contributed by atoms with Gasteiger partial charge in [-0.2, -0.15) is 0 Å². The van der Waals surface area contributed by atoms with Gasteiger partial charge in [-0.05, 0) is 37.6 Å². The Balaban J connectivity index is 2.06. The van der Waals surface area contributed by atoms with Crippen LogP contribution in [-0.2, 0) is 0 Å².